The highest BCUT2D eigenvalue weighted by atomic mass is 16.6. The predicted octanol–water partition coefficient (Wildman–Crippen LogP) is 1.96. The maximum atomic E-state index is 11.6. The van der Waals surface area contributed by atoms with Crippen LogP contribution in [0.2, 0.25) is 0 Å². The van der Waals surface area contributed by atoms with Crippen LogP contribution in [0.25, 0.3) is 0 Å². The van der Waals surface area contributed by atoms with Crippen LogP contribution >= 0.6 is 0 Å². The first-order valence-corrected chi connectivity index (χ1v) is 6.80. The minimum Gasteiger partial charge on any atom is -0.368 e. The largest absolute Gasteiger partial charge is 0.368 e. The highest BCUT2D eigenvalue weighted by Crippen LogP contribution is 2.25. The van der Waals surface area contributed by atoms with Gasteiger partial charge in [-0.05, 0) is 19.1 Å². The van der Waals surface area contributed by atoms with Crippen LogP contribution in [-0.2, 0) is 4.79 Å². The minimum atomic E-state index is -0.364. The quantitative estimate of drug-likeness (QED) is 0.625. The monoisotopic (exact) mass is 277 g/mol. The summed E-state index contributed by atoms with van der Waals surface area (Å²) in [6.45, 7) is 6.57. The zero-order valence-electron chi connectivity index (χ0n) is 11.8. The Balaban J connectivity index is 2.06. The van der Waals surface area contributed by atoms with Crippen molar-refractivity contribution in [2.24, 2.45) is 0 Å². The van der Waals surface area contributed by atoms with Crippen LogP contribution in [0, 0.1) is 17.0 Å². The van der Waals surface area contributed by atoms with Gasteiger partial charge in [-0.3, -0.25) is 14.9 Å². The Morgan fingerprint density at radius 2 is 1.95 bits per heavy atom. The van der Waals surface area contributed by atoms with E-state index in [2.05, 4.69) is 4.90 Å². The molecule has 0 atom stereocenters. The first kappa shape index (κ1) is 14.3. The third kappa shape index (κ3) is 2.89. The average molecular weight is 277 g/mol. The van der Waals surface area contributed by atoms with Crippen molar-refractivity contribution < 1.29 is 9.72 Å². The number of anilines is 1. The Morgan fingerprint density at radius 1 is 1.30 bits per heavy atom. The SMILES string of the molecule is CCC(=O)N1CCN(c2ccc([N+](=O)[O-])c(C)c2)CC1. The van der Waals surface area contributed by atoms with Gasteiger partial charge in [-0.15, -0.1) is 0 Å². The van der Waals surface area contributed by atoms with Gasteiger partial charge < -0.3 is 9.80 Å². The van der Waals surface area contributed by atoms with Crippen molar-refractivity contribution in [3.63, 3.8) is 0 Å². The number of rotatable bonds is 3. The van der Waals surface area contributed by atoms with E-state index in [1.165, 1.54) is 0 Å². The Hall–Kier alpha value is -2.11. The summed E-state index contributed by atoms with van der Waals surface area (Å²) < 4.78 is 0. The first-order chi connectivity index (χ1) is 9.52. The molecule has 1 amide bonds. The van der Waals surface area contributed by atoms with E-state index in [1.54, 1.807) is 19.1 Å². The molecular formula is C14H19N3O3. The van der Waals surface area contributed by atoms with Gasteiger partial charge in [0.15, 0.2) is 0 Å². The topological polar surface area (TPSA) is 66.7 Å². The summed E-state index contributed by atoms with van der Waals surface area (Å²) in [6.07, 6.45) is 0.538. The van der Waals surface area contributed by atoms with Crippen molar-refractivity contribution in [2.75, 3.05) is 31.1 Å². The van der Waals surface area contributed by atoms with Crippen LogP contribution in [0.3, 0.4) is 0 Å². The van der Waals surface area contributed by atoms with Crippen molar-refractivity contribution in [1.82, 2.24) is 4.90 Å². The number of piperazine rings is 1. The number of nitro groups is 1. The van der Waals surface area contributed by atoms with Crippen molar-refractivity contribution in [1.29, 1.82) is 0 Å². The second-order valence-corrected chi connectivity index (χ2v) is 4.95. The van der Waals surface area contributed by atoms with Crippen LogP contribution in [-0.4, -0.2) is 41.9 Å². The molecule has 1 aliphatic heterocycles. The van der Waals surface area contributed by atoms with Gasteiger partial charge >= 0.3 is 0 Å². The fourth-order valence-corrected chi connectivity index (χ4v) is 2.48. The van der Waals surface area contributed by atoms with Crippen LogP contribution in [0.4, 0.5) is 11.4 Å². The lowest BCUT2D eigenvalue weighted by Crippen LogP contribution is -2.48. The molecule has 20 heavy (non-hydrogen) atoms. The number of amides is 1. The molecule has 6 heteroatoms. The molecule has 0 N–H and O–H groups in total. The number of carbonyl (C=O) groups is 1. The summed E-state index contributed by atoms with van der Waals surface area (Å²) in [5, 5.41) is 10.8. The Morgan fingerprint density at radius 3 is 2.45 bits per heavy atom. The van der Waals surface area contributed by atoms with E-state index in [0.717, 1.165) is 18.8 Å². The molecule has 2 rings (SSSR count). The zero-order chi connectivity index (χ0) is 14.7. The fraction of sp³-hybridized carbons (Fsp3) is 0.500. The fourth-order valence-electron chi connectivity index (χ4n) is 2.48. The Kier molecular flexibility index (Phi) is 4.22. The molecule has 1 saturated heterocycles. The molecule has 0 saturated carbocycles. The number of hydrogen-bond donors (Lipinski definition) is 0. The van der Waals surface area contributed by atoms with Gasteiger partial charge in [-0.2, -0.15) is 0 Å². The lowest BCUT2D eigenvalue weighted by atomic mass is 10.1. The third-order valence-corrected chi connectivity index (χ3v) is 3.68. The smallest absolute Gasteiger partial charge is 0.272 e. The summed E-state index contributed by atoms with van der Waals surface area (Å²) in [4.78, 5) is 26.1. The minimum absolute atomic E-state index is 0.147. The molecule has 1 fully saturated rings. The number of nitrogens with zero attached hydrogens (tertiary/aromatic N) is 3. The molecule has 1 aliphatic rings. The number of hydrogen-bond acceptors (Lipinski definition) is 4. The normalized spacial score (nSPS) is 15.3. The maximum absolute atomic E-state index is 11.6. The molecule has 6 nitrogen and oxygen atoms in total. The molecule has 0 spiro atoms. The van der Waals surface area contributed by atoms with Crippen LogP contribution in [0.15, 0.2) is 18.2 Å². The average Bonchev–Trinajstić information content (AvgIpc) is 2.46. The van der Waals surface area contributed by atoms with Crippen molar-refractivity contribution in [3.05, 3.63) is 33.9 Å². The molecule has 1 aromatic rings. The number of aryl methyl sites for hydroxylation is 1. The number of carbonyl (C=O) groups excluding carboxylic acids is 1. The molecule has 0 aromatic heterocycles. The lowest BCUT2D eigenvalue weighted by molar-refractivity contribution is -0.385. The maximum Gasteiger partial charge on any atom is 0.272 e. The third-order valence-electron chi connectivity index (χ3n) is 3.68. The summed E-state index contributed by atoms with van der Waals surface area (Å²) in [6, 6.07) is 5.17. The molecule has 108 valence electrons. The molecular weight excluding hydrogens is 258 g/mol. The first-order valence-electron chi connectivity index (χ1n) is 6.80. The van der Waals surface area contributed by atoms with E-state index in [1.807, 2.05) is 17.9 Å². The van der Waals surface area contributed by atoms with E-state index in [9.17, 15) is 14.9 Å². The molecule has 0 bridgehead atoms. The van der Waals surface area contributed by atoms with E-state index in [4.69, 9.17) is 0 Å². The Labute approximate surface area is 118 Å². The van der Waals surface area contributed by atoms with Gasteiger partial charge in [0.25, 0.3) is 5.69 Å². The van der Waals surface area contributed by atoms with Crippen molar-refractivity contribution in [3.8, 4) is 0 Å². The van der Waals surface area contributed by atoms with Crippen molar-refractivity contribution in [2.45, 2.75) is 20.3 Å². The van der Waals surface area contributed by atoms with Gasteiger partial charge in [-0.25, -0.2) is 0 Å². The van der Waals surface area contributed by atoms with Gasteiger partial charge in [0.2, 0.25) is 5.91 Å². The van der Waals surface area contributed by atoms with Gasteiger partial charge in [-0.1, -0.05) is 6.92 Å². The molecule has 0 unspecified atom stereocenters. The zero-order valence-corrected chi connectivity index (χ0v) is 11.8. The molecule has 0 radical (unpaired) electrons. The van der Waals surface area contributed by atoms with E-state index >= 15 is 0 Å². The van der Waals surface area contributed by atoms with Crippen LogP contribution < -0.4 is 4.90 Å². The summed E-state index contributed by atoms with van der Waals surface area (Å²) in [7, 11) is 0. The number of benzene rings is 1. The highest BCUT2D eigenvalue weighted by Gasteiger charge is 2.21. The summed E-state index contributed by atoms with van der Waals surface area (Å²) in [5.41, 5.74) is 1.80. The van der Waals surface area contributed by atoms with Gasteiger partial charge in [0.1, 0.15) is 0 Å². The highest BCUT2D eigenvalue weighted by molar-refractivity contribution is 5.76. The summed E-state index contributed by atoms with van der Waals surface area (Å²) >= 11 is 0. The predicted molar refractivity (Wildman–Crippen MR) is 76.9 cm³/mol. The molecule has 1 aromatic carbocycles. The van der Waals surface area contributed by atoms with E-state index < -0.39 is 0 Å². The van der Waals surface area contributed by atoms with E-state index in [0.29, 0.717) is 25.1 Å². The standard InChI is InChI=1S/C14H19N3O3/c1-3-14(18)16-8-6-15(7-9-16)12-4-5-13(17(19)20)11(2)10-12/h4-5,10H,3,6-9H2,1-2H3. The van der Waals surface area contributed by atoms with Crippen molar-refractivity contribution >= 4 is 17.3 Å². The second-order valence-electron chi connectivity index (χ2n) is 4.95. The second kappa shape index (κ2) is 5.90. The van der Waals surface area contributed by atoms with Gasteiger partial charge in [0.05, 0.1) is 4.92 Å². The van der Waals surface area contributed by atoms with Crippen LogP contribution in [0.5, 0.6) is 0 Å². The molecule has 1 heterocycles. The summed E-state index contributed by atoms with van der Waals surface area (Å²) in [5.74, 6) is 0.185. The van der Waals surface area contributed by atoms with Gasteiger partial charge in [0, 0.05) is 49.9 Å². The van der Waals surface area contributed by atoms with E-state index in [-0.39, 0.29) is 16.5 Å². The van der Waals surface area contributed by atoms with Crippen LogP contribution in [0.1, 0.15) is 18.9 Å². The molecule has 0 aliphatic carbocycles. The number of nitro benzene ring substituents is 1. The Bertz CT molecular complexity index is 522. The lowest BCUT2D eigenvalue weighted by Gasteiger charge is -2.36.